The minimum atomic E-state index is -0.707. The fraction of sp³-hybridized carbons (Fsp3) is 0.222. The van der Waals surface area contributed by atoms with Crippen molar-refractivity contribution in [2.75, 3.05) is 0 Å². The molecule has 0 aliphatic carbocycles. The first kappa shape index (κ1) is 10.5. The van der Waals surface area contributed by atoms with Gasteiger partial charge in [-0.3, -0.25) is 4.79 Å². The molecule has 0 amide bonds. The lowest BCUT2D eigenvalue weighted by molar-refractivity contribution is -0.116. The zero-order valence-corrected chi connectivity index (χ0v) is 9.26. The molecule has 0 aliphatic heterocycles. The van der Waals surface area contributed by atoms with Crippen LogP contribution in [0.25, 0.3) is 0 Å². The van der Waals surface area contributed by atoms with Gasteiger partial charge in [-0.15, -0.1) is 11.6 Å². The molecule has 0 aromatic heterocycles. The fourth-order valence-corrected chi connectivity index (χ4v) is 1.73. The van der Waals surface area contributed by atoms with Crippen molar-refractivity contribution in [2.45, 2.75) is 12.3 Å². The SMILES string of the molecule is CC(=O)C(Cl)c1cc(O)ccc1Br. The highest BCUT2D eigenvalue weighted by Crippen LogP contribution is 2.31. The number of phenols is 1. The minimum Gasteiger partial charge on any atom is -0.508 e. The van der Waals surface area contributed by atoms with Crippen LogP contribution in [0.15, 0.2) is 22.7 Å². The third kappa shape index (κ3) is 2.45. The van der Waals surface area contributed by atoms with Crippen LogP contribution in [0, 0.1) is 0 Å². The predicted molar refractivity (Wildman–Crippen MR) is 55.1 cm³/mol. The van der Waals surface area contributed by atoms with Crippen molar-refractivity contribution < 1.29 is 9.90 Å². The second-order valence-electron chi connectivity index (χ2n) is 2.68. The number of aromatic hydroxyl groups is 1. The Morgan fingerprint density at radius 1 is 1.62 bits per heavy atom. The van der Waals surface area contributed by atoms with Crippen LogP contribution in [0.4, 0.5) is 0 Å². The summed E-state index contributed by atoms with van der Waals surface area (Å²) in [5.74, 6) is -0.0435. The molecule has 1 unspecified atom stereocenters. The van der Waals surface area contributed by atoms with Gasteiger partial charge in [-0.2, -0.15) is 0 Å². The summed E-state index contributed by atoms with van der Waals surface area (Å²) in [7, 11) is 0. The number of halogens is 2. The summed E-state index contributed by atoms with van der Waals surface area (Å²) in [5, 5.41) is 8.47. The molecule has 13 heavy (non-hydrogen) atoms. The van der Waals surface area contributed by atoms with Gasteiger partial charge < -0.3 is 5.11 Å². The summed E-state index contributed by atoms with van der Waals surface area (Å²) in [6.07, 6.45) is 0. The molecule has 0 radical (unpaired) electrons. The normalized spacial score (nSPS) is 12.5. The first-order valence-corrected chi connectivity index (χ1v) is 4.88. The highest BCUT2D eigenvalue weighted by Gasteiger charge is 2.16. The third-order valence-electron chi connectivity index (χ3n) is 1.61. The summed E-state index contributed by atoms with van der Waals surface area (Å²) in [6, 6.07) is 4.66. The molecule has 0 heterocycles. The van der Waals surface area contributed by atoms with Crippen LogP contribution in [0.1, 0.15) is 17.9 Å². The maximum atomic E-state index is 11.0. The van der Waals surface area contributed by atoms with Crippen LogP contribution in [0.3, 0.4) is 0 Å². The summed E-state index contributed by atoms with van der Waals surface area (Å²) < 4.78 is 0.723. The second kappa shape index (κ2) is 4.11. The molecule has 2 nitrogen and oxygen atoms in total. The number of rotatable bonds is 2. The first-order valence-electron chi connectivity index (χ1n) is 3.65. The topological polar surface area (TPSA) is 37.3 Å². The molecule has 0 bridgehead atoms. The van der Waals surface area contributed by atoms with Gasteiger partial charge in [0.15, 0.2) is 5.78 Å². The number of carbonyl (C=O) groups is 1. The van der Waals surface area contributed by atoms with Crippen LogP contribution < -0.4 is 0 Å². The van der Waals surface area contributed by atoms with E-state index in [1.807, 2.05) is 0 Å². The molecule has 0 aliphatic rings. The van der Waals surface area contributed by atoms with Crippen LogP contribution in [0.5, 0.6) is 5.75 Å². The molecule has 0 saturated carbocycles. The lowest BCUT2D eigenvalue weighted by atomic mass is 10.1. The third-order valence-corrected chi connectivity index (χ3v) is 2.87. The molecule has 70 valence electrons. The van der Waals surface area contributed by atoms with Crippen molar-refractivity contribution in [1.82, 2.24) is 0 Å². The maximum absolute atomic E-state index is 11.0. The Morgan fingerprint density at radius 2 is 2.23 bits per heavy atom. The van der Waals surface area contributed by atoms with E-state index in [9.17, 15) is 9.90 Å². The van der Waals surface area contributed by atoms with Crippen LogP contribution in [-0.4, -0.2) is 10.9 Å². The van der Waals surface area contributed by atoms with Crippen molar-refractivity contribution in [1.29, 1.82) is 0 Å². The van der Waals surface area contributed by atoms with Gasteiger partial charge in [0.25, 0.3) is 0 Å². The van der Waals surface area contributed by atoms with Gasteiger partial charge in [0, 0.05) is 4.47 Å². The molecule has 1 atom stereocenters. The number of hydrogen-bond acceptors (Lipinski definition) is 2. The number of Topliss-reactive ketones (excluding diaryl/α,β-unsaturated/α-hetero) is 1. The average Bonchev–Trinajstić information content (AvgIpc) is 2.08. The van der Waals surface area contributed by atoms with E-state index < -0.39 is 5.38 Å². The van der Waals surface area contributed by atoms with Crippen molar-refractivity contribution >= 4 is 33.3 Å². The fourth-order valence-electron chi connectivity index (χ4n) is 0.944. The van der Waals surface area contributed by atoms with E-state index in [0.717, 1.165) is 4.47 Å². The Balaban J connectivity index is 3.12. The number of ketones is 1. The monoisotopic (exact) mass is 262 g/mol. The van der Waals surface area contributed by atoms with Gasteiger partial charge >= 0.3 is 0 Å². The number of hydrogen-bond donors (Lipinski definition) is 1. The molecule has 1 rings (SSSR count). The number of phenolic OH excluding ortho intramolecular Hbond substituents is 1. The molecule has 1 aromatic carbocycles. The molecule has 4 heteroatoms. The largest absolute Gasteiger partial charge is 0.508 e. The quantitative estimate of drug-likeness (QED) is 0.833. The molecule has 1 aromatic rings. The highest BCUT2D eigenvalue weighted by molar-refractivity contribution is 9.10. The summed E-state index contributed by atoms with van der Waals surface area (Å²) >= 11 is 9.08. The van der Waals surface area contributed by atoms with Crippen LogP contribution in [0.2, 0.25) is 0 Å². The van der Waals surface area contributed by atoms with E-state index >= 15 is 0 Å². The van der Waals surface area contributed by atoms with E-state index in [1.165, 1.54) is 19.1 Å². The van der Waals surface area contributed by atoms with E-state index in [-0.39, 0.29) is 11.5 Å². The predicted octanol–water partition coefficient (Wildman–Crippen LogP) is 3.02. The number of benzene rings is 1. The lowest BCUT2D eigenvalue weighted by Crippen LogP contribution is -2.02. The van der Waals surface area contributed by atoms with Gasteiger partial charge in [0.1, 0.15) is 11.1 Å². The molecule has 0 saturated heterocycles. The van der Waals surface area contributed by atoms with E-state index in [4.69, 9.17) is 11.6 Å². The lowest BCUT2D eigenvalue weighted by Gasteiger charge is -2.08. The summed E-state index contributed by atoms with van der Waals surface area (Å²) in [4.78, 5) is 11.0. The molecule has 0 fully saturated rings. The standard InChI is InChI=1S/C9H8BrClO2/c1-5(12)9(11)7-4-6(13)2-3-8(7)10/h2-4,9,13H,1H3. The Bertz CT molecular complexity index is 338. The summed E-state index contributed by atoms with van der Waals surface area (Å²) in [6.45, 7) is 1.41. The smallest absolute Gasteiger partial charge is 0.152 e. The number of carbonyl (C=O) groups excluding carboxylic acids is 1. The highest BCUT2D eigenvalue weighted by atomic mass is 79.9. The maximum Gasteiger partial charge on any atom is 0.152 e. The van der Waals surface area contributed by atoms with E-state index in [1.54, 1.807) is 6.07 Å². The van der Waals surface area contributed by atoms with Gasteiger partial charge in [-0.1, -0.05) is 15.9 Å². The molecular weight excluding hydrogens is 255 g/mol. The zero-order valence-electron chi connectivity index (χ0n) is 6.92. The Hall–Kier alpha value is -0.540. The van der Waals surface area contributed by atoms with Crippen molar-refractivity contribution in [2.24, 2.45) is 0 Å². The van der Waals surface area contributed by atoms with Gasteiger partial charge in [-0.05, 0) is 30.7 Å². The van der Waals surface area contributed by atoms with Crippen LogP contribution >= 0.6 is 27.5 Å². The minimum absolute atomic E-state index is 0.102. The zero-order chi connectivity index (χ0) is 10.0. The average molecular weight is 264 g/mol. The van der Waals surface area contributed by atoms with E-state index in [0.29, 0.717) is 5.56 Å². The molecule has 0 spiro atoms. The van der Waals surface area contributed by atoms with Crippen molar-refractivity contribution in [3.05, 3.63) is 28.2 Å². The number of alkyl halides is 1. The van der Waals surface area contributed by atoms with Crippen molar-refractivity contribution in [3.8, 4) is 5.75 Å². The van der Waals surface area contributed by atoms with E-state index in [2.05, 4.69) is 15.9 Å². The Labute approximate surface area is 89.7 Å². The molecule has 1 N–H and O–H groups in total. The summed E-state index contributed by atoms with van der Waals surface area (Å²) in [5.41, 5.74) is 0.592. The Kier molecular flexibility index (Phi) is 3.33. The van der Waals surface area contributed by atoms with Crippen LogP contribution in [-0.2, 0) is 4.79 Å². The Morgan fingerprint density at radius 3 is 2.77 bits per heavy atom. The van der Waals surface area contributed by atoms with Gasteiger partial charge in [0.05, 0.1) is 0 Å². The van der Waals surface area contributed by atoms with Crippen molar-refractivity contribution in [3.63, 3.8) is 0 Å². The van der Waals surface area contributed by atoms with Gasteiger partial charge in [0.2, 0.25) is 0 Å². The molecular formula is C9H8BrClO2. The second-order valence-corrected chi connectivity index (χ2v) is 3.97. The first-order chi connectivity index (χ1) is 6.02. The van der Waals surface area contributed by atoms with Gasteiger partial charge in [-0.25, -0.2) is 0 Å².